The highest BCUT2D eigenvalue weighted by molar-refractivity contribution is 5.91. The number of fused-ring (bicyclic) bond motifs is 5. The summed E-state index contributed by atoms with van der Waals surface area (Å²) in [6.45, 7) is 5.70. The van der Waals surface area contributed by atoms with Crippen LogP contribution in [0.5, 0.6) is 5.75 Å². The van der Waals surface area contributed by atoms with Gasteiger partial charge in [0.05, 0.1) is 11.7 Å². The number of likely N-dealkylation sites (tertiary alicyclic amines) is 1. The molecule has 0 radical (unpaired) electrons. The molecular formula is C26H32F3NO2. The molecule has 3 nitrogen and oxygen atoms in total. The number of carbonyl (C=O) groups is 1. The summed E-state index contributed by atoms with van der Waals surface area (Å²) in [6.07, 6.45) is 3.36. The molecule has 32 heavy (non-hydrogen) atoms. The summed E-state index contributed by atoms with van der Waals surface area (Å²) in [6, 6.07) is 5.09. The van der Waals surface area contributed by atoms with Crippen LogP contribution in [0.25, 0.3) is 0 Å². The van der Waals surface area contributed by atoms with Gasteiger partial charge in [-0.25, -0.2) is 0 Å². The fourth-order valence-corrected chi connectivity index (χ4v) is 7.57. The molecule has 6 atom stereocenters. The van der Waals surface area contributed by atoms with E-state index in [0.717, 1.165) is 44.4 Å². The highest BCUT2D eigenvalue weighted by Crippen LogP contribution is 2.64. The van der Waals surface area contributed by atoms with Crippen molar-refractivity contribution >= 4 is 5.78 Å². The number of ketones is 1. The van der Waals surface area contributed by atoms with Gasteiger partial charge < -0.3 is 9.64 Å². The lowest BCUT2D eigenvalue weighted by Gasteiger charge is -2.59. The Morgan fingerprint density at radius 3 is 2.50 bits per heavy atom. The molecule has 0 amide bonds. The monoisotopic (exact) mass is 447 g/mol. The van der Waals surface area contributed by atoms with Crippen LogP contribution in [-0.2, 0) is 11.0 Å². The first kappa shape index (κ1) is 21.8. The van der Waals surface area contributed by atoms with Crippen LogP contribution < -0.4 is 4.74 Å². The van der Waals surface area contributed by atoms with E-state index in [2.05, 4.69) is 25.8 Å². The molecule has 1 aliphatic heterocycles. The topological polar surface area (TPSA) is 29.5 Å². The van der Waals surface area contributed by atoms with E-state index < -0.39 is 11.7 Å². The number of carbonyl (C=O) groups excluding carboxylic acids is 1. The van der Waals surface area contributed by atoms with Gasteiger partial charge in [0.25, 0.3) is 0 Å². The van der Waals surface area contributed by atoms with Gasteiger partial charge in [-0.3, -0.25) is 4.79 Å². The molecular weight excluding hydrogens is 415 g/mol. The van der Waals surface area contributed by atoms with E-state index >= 15 is 0 Å². The fraction of sp³-hybridized carbons (Fsp3) is 0.654. The molecule has 174 valence electrons. The Hall–Kier alpha value is -1.98. The number of ether oxygens (including phenoxy) is 1. The first-order valence-corrected chi connectivity index (χ1v) is 11.8. The van der Waals surface area contributed by atoms with Gasteiger partial charge in [-0.1, -0.05) is 13.8 Å². The number of piperidine rings is 1. The Morgan fingerprint density at radius 2 is 1.81 bits per heavy atom. The molecule has 6 heteroatoms. The van der Waals surface area contributed by atoms with Crippen molar-refractivity contribution < 1.29 is 22.7 Å². The Bertz CT molecular complexity index is 939. The SMILES string of the molecule is CN1C[C@@H]2[C@@H](CC[C@]3(C)CC(Oc4ccc(C(F)(F)F)cc4)C[C@@H]23)[C@@]2(C)CCC(=O)C=C12. The zero-order valence-electron chi connectivity index (χ0n) is 19.0. The summed E-state index contributed by atoms with van der Waals surface area (Å²) in [7, 11) is 2.12. The number of halogens is 3. The number of rotatable bonds is 2. The average Bonchev–Trinajstić information content (AvgIpc) is 3.05. The lowest BCUT2D eigenvalue weighted by atomic mass is 9.50. The molecule has 4 aliphatic rings. The van der Waals surface area contributed by atoms with E-state index in [-0.39, 0.29) is 22.7 Å². The van der Waals surface area contributed by atoms with Crippen molar-refractivity contribution in [1.29, 1.82) is 0 Å². The molecule has 1 heterocycles. The minimum Gasteiger partial charge on any atom is -0.490 e. The van der Waals surface area contributed by atoms with E-state index in [1.54, 1.807) is 0 Å². The third kappa shape index (κ3) is 3.45. The van der Waals surface area contributed by atoms with Gasteiger partial charge in [-0.15, -0.1) is 0 Å². The zero-order valence-corrected chi connectivity index (χ0v) is 19.0. The van der Waals surface area contributed by atoms with Crippen molar-refractivity contribution in [3.63, 3.8) is 0 Å². The van der Waals surface area contributed by atoms with Crippen molar-refractivity contribution in [2.75, 3.05) is 13.6 Å². The summed E-state index contributed by atoms with van der Waals surface area (Å²) in [5.41, 5.74) is 0.821. The van der Waals surface area contributed by atoms with Crippen LogP contribution in [0.2, 0.25) is 0 Å². The standard InChI is InChI=1S/C26H32F3NO2/c1-24-10-9-21-20(15-30(3)23-12-17(31)8-11-25(21,23)2)22(24)13-19(14-24)32-18-6-4-16(5-7-18)26(27,28)29/h4-7,12,19-22H,8-11,13-15H2,1-3H3/t19?,20-,21-,22+,24-,25-/m1/s1. The molecule has 3 aliphatic carbocycles. The molecule has 0 bridgehead atoms. The lowest BCUT2D eigenvalue weighted by Crippen LogP contribution is -2.56. The molecule has 0 N–H and O–H groups in total. The number of hydrogen-bond donors (Lipinski definition) is 0. The normalized spacial score (nSPS) is 39.1. The lowest BCUT2D eigenvalue weighted by molar-refractivity contribution is -0.137. The van der Waals surface area contributed by atoms with E-state index in [9.17, 15) is 18.0 Å². The Labute approximate surface area is 188 Å². The van der Waals surface area contributed by atoms with Crippen LogP contribution in [0.4, 0.5) is 13.2 Å². The number of hydrogen-bond acceptors (Lipinski definition) is 3. The maximum atomic E-state index is 12.9. The Morgan fingerprint density at radius 1 is 1.09 bits per heavy atom. The zero-order chi connectivity index (χ0) is 22.9. The van der Waals surface area contributed by atoms with Crippen LogP contribution >= 0.6 is 0 Å². The number of benzene rings is 1. The van der Waals surface area contributed by atoms with Crippen LogP contribution in [0.3, 0.4) is 0 Å². The largest absolute Gasteiger partial charge is 0.490 e. The van der Waals surface area contributed by atoms with Crippen molar-refractivity contribution in [1.82, 2.24) is 4.90 Å². The van der Waals surface area contributed by atoms with Crippen molar-refractivity contribution in [3.05, 3.63) is 41.6 Å². The molecule has 2 saturated carbocycles. The fourth-order valence-electron chi connectivity index (χ4n) is 7.57. The molecule has 1 aromatic rings. The Kier molecular flexibility index (Phi) is 4.96. The maximum absolute atomic E-state index is 12.9. The molecule has 0 spiro atoms. The summed E-state index contributed by atoms with van der Waals surface area (Å²) >= 11 is 0. The van der Waals surface area contributed by atoms with Crippen LogP contribution in [0, 0.1) is 28.6 Å². The predicted molar refractivity (Wildman–Crippen MR) is 116 cm³/mol. The summed E-state index contributed by atoms with van der Waals surface area (Å²) in [5, 5.41) is 0. The smallest absolute Gasteiger partial charge is 0.416 e. The molecule has 0 aromatic heterocycles. The van der Waals surface area contributed by atoms with Gasteiger partial charge in [0.2, 0.25) is 0 Å². The summed E-state index contributed by atoms with van der Waals surface area (Å²) in [5.74, 6) is 2.41. The van der Waals surface area contributed by atoms with Crippen molar-refractivity contribution in [2.24, 2.45) is 28.6 Å². The second-order valence-corrected chi connectivity index (χ2v) is 11.1. The quantitative estimate of drug-likeness (QED) is 0.549. The highest BCUT2D eigenvalue weighted by atomic mass is 19.4. The van der Waals surface area contributed by atoms with E-state index in [1.165, 1.54) is 24.3 Å². The third-order valence-electron chi connectivity index (χ3n) is 9.14. The van der Waals surface area contributed by atoms with Gasteiger partial charge in [0, 0.05) is 37.2 Å². The van der Waals surface area contributed by atoms with Gasteiger partial charge in [-0.2, -0.15) is 13.2 Å². The van der Waals surface area contributed by atoms with Crippen molar-refractivity contribution in [2.45, 2.75) is 64.7 Å². The van der Waals surface area contributed by atoms with Crippen LogP contribution in [0.1, 0.15) is 57.9 Å². The van der Waals surface area contributed by atoms with Crippen LogP contribution in [-0.4, -0.2) is 30.4 Å². The van der Waals surface area contributed by atoms with Gasteiger partial charge >= 0.3 is 6.18 Å². The molecule has 5 rings (SSSR count). The number of alkyl halides is 3. The summed E-state index contributed by atoms with van der Waals surface area (Å²) < 4.78 is 44.8. The van der Waals surface area contributed by atoms with Gasteiger partial charge in [0.1, 0.15) is 5.75 Å². The van der Waals surface area contributed by atoms with E-state index in [4.69, 9.17) is 4.74 Å². The number of nitrogens with zero attached hydrogens (tertiary/aromatic N) is 1. The Balaban J connectivity index is 1.35. The van der Waals surface area contributed by atoms with Gasteiger partial charge in [-0.05, 0) is 79.5 Å². The minimum atomic E-state index is -4.33. The second kappa shape index (κ2) is 7.26. The first-order valence-electron chi connectivity index (χ1n) is 11.8. The van der Waals surface area contributed by atoms with Crippen LogP contribution in [0.15, 0.2) is 36.0 Å². The minimum absolute atomic E-state index is 0.0310. The molecule has 1 saturated heterocycles. The molecule has 1 aromatic carbocycles. The molecule has 3 fully saturated rings. The number of allylic oxidation sites excluding steroid dienone is 2. The maximum Gasteiger partial charge on any atom is 0.416 e. The average molecular weight is 448 g/mol. The van der Waals surface area contributed by atoms with Crippen molar-refractivity contribution in [3.8, 4) is 5.75 Å². The van der Waals surface area contributed by atoms with E-state index in [1.807, 2.05) is 6.08 Å². The summed E-state index contributed by atoms with van der Waals surface area (Å²) in [4.78, 5) is 14.4. The third-order valence-corrected chi connectivity index (χ3v) is 9.14. The second-order valence-electron chi connectivity index (χ2n) is 11.1. The molecule has 1 unspecified atom stereocenters. The first-order chi connectivity index (χ1) is 15.0. The van der Waals surface area contributed by atoms with Gasteiger partial charge in [0.15, 0.2) is 5.78 Å². The van der Waals surface area contributed by atoms with E-state index in [0.29, 0.717) is 29.9 Å². The predicted octanol–water partition coefficient (Wildman–Crippen LogP) is 6.09. The highest BCUT2D eigenvalue weighted by Gasteiger charge is 2.59.